The number of pyridine rings is 1. The van der Waals surface area contributed by atoms with E-state index in [4.69, 9.17) is 6.92 Å². The molecule has 1 aromatic rings. The highest BCUT2D eigenvalue weighted by atomic mass is 16.2. The summed E-state index contributed by atoms with van der Waals surface area (Å²) < 4.78 is 0. The summed E-state index contributed by atoms with van der Waals surface area (Å²) >= 11 is 0. The van der Waals surface area contributed by atoms with E-state index in [1.165, 1.54) is 6.42 Å². The van der Waals surface area contributed by atoms with Gasteiger partial charge in [0.05, 0.1) is 5.56 Å². The Morgan fingerprint density at radius 3 is 2.80 bits per heavy atom. The van der Waals surface area contributed by atoms with Crippen molar-refractivity contribution in [3.05, 3.63) is 36.5 Å². The fourth-order valence-corrected chi connectivity index (χ4v) is 1.72. The molecule has 3 nitrogen and oxygen atoms in total. The van der Waals surface area contributed by atoms with Crippen molar-refractivity contribution in [2.24, 2.45) is 0 Å². The molecule has 1 aliphatic rings. The number of aromatic nitrogens is 1. The molecule has 3 heteroatoms. The minimum absolute atomic E-state index is 0.0134. The van der Waals surface area contributed by atoms with E-state index < -0.39 is 0 Å². The van der Waals surface area contributed by atoms with Gasteiger partial charge in [-0.1, -0.05) is 0 Å². The van der Waals surface area contributed by atoms with Crippen molar-refractivity contribution < 1.29 is 4.79 Å². The molecule has 1 amide bonds. The summed E-state index contributed by atoms with van der Waals surface area (Å²) in [6, 6.07) is 2.07. The number of rotatable bonds is 2. The summed E-state index contributed by atoms with van der Waals surface area (Å²) in [5.74, 6) is 0.0134. The fraction of sp³-hybridized carbons (Fsp3) is 0.417. The first-order valence-corrected chi connectivity index (χ1v) is 5.16. The maximum absolute atomic E-state index is 12.0. The molecule has 0 spiro atoms. The van der Waals surface area contributed by atoms with Crippen LogP contribution < -0.4 is 0 Å². The average molecular weight is 202 g/mol. The molecule has 1 fully saturated rings. The van der Waals surface area contributed by atoms with E-state index in [-0.39, 0.29) is 5.91 Å². The maximum atomic E-state index is 12.0. The van der Waals surface area contributed by atoms with Gasteiger partial charge in [-0.25, -0.2) is 0 Å². The highest BCUT2D eigenvalue weighted by molar-refractivity contribution is 5.94. The minimum atomic E-state index is 0.0134. The van der Waals surface area contributed by atoms with Gasteiger partial charge in [0.1, 0.15) is 0 Å². The van der Waals surface area contributed by atoms with Crippen molar-refractivity contribution in [2.45, 2.75) is 25.3 Å². The van der Waals surface area contributed by atoms with E-state index in [2.05, 4.69) is 4.98 Å². The molecule has 0 N–H and O–H groups in total. The summed E-state index contributed by atoms with van der Waals surface area (Å²) in [6.45, 7) is 5.59. The van der Waals surface area contributed by atoms with Crippen LogP contribution in [-0.2, 0) is 0 Å². The first-order chi connectivity index (χ1) is 7.18. The van der Waals surface area contributed by atoms with Crippen molar-refractivity contribution in [2.75, 3.05) is 7.05 Å². The van der Waals surface area contributed by atoms with Crippen LogP contribution in [0.15, 0.2) is 18.5 Å². The van der Waals surface area contributed by atoms with Gasteiger partial charge in [-0.2, -0.15) is 0 Å². The van der Waals surface area contributed by atoms with Crippen LogP contribution in [0.3, 0.4) is 0 Å². The van der Waals surface area contributed by atoms with Crippen LogP contribution in [0.4, 0.5) is 0 Å². The molecule has 15 heavy (non-hydrogen) atoms. The number of amides is 1. The third-order valence-corrected chi connectivity index (χ3v) is 2.95. The second kappa shape index (κ2) is 4.01. The highest BCUT2D eigenvalue weighted by Gasteiger charge is 2.26. The van der Waals surface area contributed by atoms with Crippen molar-refractivity contribution in [3.63, 3.8) is 0 Å². The molecular formula is C12H14N2O. The molecule has 0 aromatic carbocycles. The Kier molecular flexibility index (Phi) is 2.71. The van der Waals surface area contributed by atoms with Gasteiger partial charge in [0.15, 0.2) is 0 Å². The van der Waals surface area contributed by atoms with Gasteiger partial charge >= 0.3 is 0 Å². The van der Waals surface area contributed by atoms with Crippen LogP contribution in [-0.4, -0.2) is 28.9 Å². The molecule has 0 bridgehead atoms. The summed E-state index contributed by atoms with van der Waals surface area (Å²) in [5, 5.41) is 0. The molecular weight excluding hydrogens is 188 g/mol. The number of carbonyl (C=O) groups is 1. The molecule has 0 unspecified atom stereocenters. The molecule has 0 saturated heterocycles. The summed E-state index contributed by atoms with van der Waals surface area (Å²) in [6.07, 6.45) is 6.54. The zero-order valence-electron chi connectivity index (χ0n) is 8.81. The number of nitrogens with zero attached hydrogens (tertiary/aromatic N) is 2. The van der Waals surface area contributed by atoms with Crippen molar-refractivity contribution in [1.82, 2.24) is 9.88 Å². The molecule has 0 aliphatic heterocycles. The molecule has 0 atom stereocenters. The fourth-order valence-electron chi connectivity index (χ4n) is 1.72. The Hall–Kier alpha value is -1.38. The molecule has 78 valence electrons. The minimum Gasteiger partial charge on any atom is -0.339 e. The third kappa shape index (κ3) is 2.01. The number of hydrogen-bond acceptors (Lipinski definition) is 2. The van der Waals surface area contributed by atoms with Crippen LogP contribution in [0.25, 0.3) is 0 Å². The predicted molar refractivity (Wildman–Crippen MR) is 57.4 cm³/mol. The smallest absolute Gasteiger partial charge is 0.255 e. The molecule has 2 rings (SSSR count). The van der Waals surface area contributed by atoms with Gasteiger partial charge in [0.2, 0.25) is 0 Å². The zero-order chi connectivity index (χ0) is 10.8. The van der Waals surface area contributed by atoms with Crippen molar-refractivity contribution in [1.29, 1.82) is 0 Å². The Balaban J connectivity index is 2.12. The van der Waals surface area contributed by atoms with E-state index in [9.17, 15) is 4.79 Å². The molecule has 1 aromatic heterocycles. The topological polar surface area (TPSA) is 33.2 Å². The first-order valence-electron chi connectivity index (χ1n) is 5.16. The standard InChI is InChI=1S/C12H14N2O/c1-9-6-10(8-13-7-9)12(15)14(2)11-4-3-5-11/h1,6-8,11H,3-5H2,2H3. The summed E-state index contributed by atoms with van der Waals surface area (Å²) in [4.78, 5) is 17.7. The second-order valence-corrected chi connectivity index (χ2v) is 4.01. The lowest BCUT2D eigenvalue weighted by Crippen LogP contribution is -2.41. The third-order valence-electron chi connectivity index (χ3n) is 2.95. The molecule has 2 radical (unpaired) electrons. The molecule has 1 saturated carbocycles. The number of carbonyl (C=O) groups excluding carboxylic acids is 1. The monoisotopic (exact) mass is 202 g/mol. The highest BCUT2D eigenvalue weighted by Crippen LogP contribution is 2.24. The number of hydrogen-bond donors (Lipinski definition) is 0. The lowest BCUT2D eigenvalue weighted by Gasteiger charge is -2.34. The van der Waals surface area contributed by atoms with E-state index in [1.54, 1.807) is 23.4 Å². The molecule has 1 heterocycles. The Labute approximate surface area is 90.1 Å². The lowest BCUT2D eigenvalue weighted by molar-refractivity contribution is 0.0651. The van der Waals surface area contributed by atoms with Crippen LogP contribution >= 0.6 is 0 Å². The maximum Gasteiger partial charge on any atom is 0.255 e. The van der Waals surface area contributed by atoms with Crippen molar-refractivity contribution >= 4 is 5.91 Å². The normalized spacial score (nSPS) is 15.9. The van der Waals surface area contributed by atoms with E-state index in [0.29, 0.717) is 17.2 Å². The predicted octanol–water partition coefficient (Wildman–Crippen LogP) is 1.77. The van der Waals surface area contributed by atoms with Crippen LogP contribution in [0.5, 0.6) is 0 Å². The van der Waals surface area contributed by atoms with Gasteiger partial charge in [0.25, 0.3) is 5.91 Å². The van der Waals surface area contributed by atoms with Gasteiger partial charge in [-0.3, -0.25) is 9.78 Å². The lowest BCUT2D eigenvalue weighted by atomic mass is 9.91. The van der Waals surface area contributed by atoms with Gasteiger partial charge < -0.3 is 4.90 Å². The van der Waals surface area contributed by atoms with Gasteiger partial charge in [0, 0.05) is 32.4 Å². The van der Waals surface area contributed by atoms with Gasteiger partial charge in [-0.15, -0.1) is 0 Å². The molecule has 1 aliphatic carbocycles. The first kappa shape index (κ1) is 10.1. The van der Waals surface area contributed by atoms with Crippen LogP contribution in [0, 0.1) is 6.92 Å². The van der Waals surface area contributed by atoms with Crippen LogP contribution in [0.2, 0.25) is 0 Å². The van der Waals surface area contributed by atoms with E-state index in [0.717, 1.165) is 12.8 Å². The SMILES string of the molecule is [CH]c1cncc(C(=O)N(C)C2CCC2)c1. The average Bonchev–Trinajstić information content (AvgIpc) is 2.14. The summed E-state index contributed by atoms with van der Waals surface area (Å²) in [5.41, 5.74) is 1.10. The second-order valence-electron chi connectivity index (χ2n) is 4.01. The zero-order valence-corrected chi connectivity index (χ0v) is 8.81. The Morgan fingerprint density at radius 2 is 2.27 bits per heavy atom. The van der Waals surface area contributed by atoms with E-state index in [1.807, 2.05) is 7.05 Å². The van der Waals surface area contributed by atoms with Gasteiger partial charge in [-0.05, 0) is 30.9 Å². The summed E-state index contributed by atoms with van der Waals surface area (Å²) in [7, 11) is 1.84. The van der Waals surface area contributed by atoms with E-state index >= 15 is 0 Å². The Bertz CT molecular complexity index is 372. The van der Waals surface area contributed by atoms with Crippen molar-refractivity contribution in [3.8, 4) is 0 Å². The van der Waals surface area contributed by atoms with Crippen LogP contribution in [0.1, 0.15) is 35.2 Å². The quantitative estimate of drug-likeness (QED) is 0.732. The largest absolute Gasteiger partial charge is 0.339 e. The Morgan fingerprint density at radius 1 is 1.53 bits per heavy atom.